The van der Waals surface area contributed by atoms with Crippen LogP contribution >= 0.6 is 0 Å². The van der Waals surface area contributed by atoms with Crippen molar-refractivity contribution in [2.24, 2.45) is 0 Å². The highest BCUT2D eigenvalue weighted by Gasteiger charge is 2.15. The number of hydrogen-bond donors (Lipinski definition) is 2. The van der Waals surface area contributed by atoms with Gasteiger partial charge in [0.05, 0.1) is 17.6 Å². The minimum atomic E-state index is -3.24. The number of carboxylic acids is 1. The molecule has 6 nitrogen and oxygen atoms in total. The average molecular weight is 204 g/mol. The van der Waals surface area contributed by atoms with Crippen LogP contribution in [0.15, 0.2) is 6.20 Å². The molecular formula is C6H8N2O4S. The summed E-state index contributed by atoms with van der Waals surface area (Å²) in [5.41, 5.74) is 0.000394. The topological polar surface area (TPSA) is 100 Å². The molecule has 72 valence electrons. The first-order chi connectivity index (χ1) is 5.90. The lowest BCUT2D eigenvalue weighted by Gasteiger charge is -1.96. The summed E-state index contributed by atoms with van der Waals surface area (Å²) in [4.78, 5) is 10.5. The number of rotatable bonds is 3. The van der Waals surface area contributed by atoms with Gasteiger partial charge in [0.25, 0.3) is 0 Å². The van der Waals surface area contributed by atoms with Crippen LogP contribution in [0, 0.1) is 0 Å². The van der Waals surface area contributed by atoms with E-state index in [0.717, 1.165) is 12.5 Å². The third kappa shape index (κ3) is 2.55. The molecule has 7 heteroatoms. The number of nitrogens with one attached hydrogen (secondary N) is 1. The smallest absolute Gasteiger partial charge is 0.339 e. The molecular weight excluding hydrogens is 196 g/mol. The Morgan fingerprint density at radius 3 is 2.77 bits per heavy atom. The molecule has 1 rings (SSSR count). The van der Waals surface area contributed by atoms with E-state index in [1.54, 1.807) is 0 Å². The Bertz CT molecular complexity index is 420. The first-order valence-corrected chi connectivity index (χ1v) is 5.39. The Balaban J connectivity index is 3.02. The zero-order valence-electron chi connectivity index (χ0n) is 6.81. The van der Waals surface area contributed by atoms with Gasteiger partial charge in [0.2, 0.25) is 0 Å². The van der Waals surface area contributed by atoms with Crippen LogP contribution in [0.1, 0.15) is 16.1 Å². The maximum Gasteiger partial charge on any atom is 0.339 e. The number of nitrogens with zero attached hydrogens (tertiary/aromatic N) is 1. The maximum atomic E-state index is 10.8. The largest absolute Gasteiger partial charge is 0.478 e. The Kier molecular flexibility index (Phi) is 2.37. The molecule has 0 fully saturated rings. The van der Waals surface area contributed by atoms with Gasteiger partial charge in [-0.15, -0.1) is 0 Å². The molecule has 0 bridgehead atoms. The molecule has 0 spiro atoms. The van der Waals surface area contributed by atoms with E-state index in [1.807, 2.05) is 0 Å². The predicted molar refractivity (Wildman–Crippen MR) is 44.1 cm³/mol. The normalized spacial score (nSPS) is 11.5. The van der Waals surface area contributed by atoms with Crippen LogP contribution in [-0.4, -0.2) is 35.9 Å². The fourth-order valence-corrected chi connectivity index (χ4v) is 1.61. The van der Waals surface area contributed by atoms with Gasteiger partial charge in [-0.1, -0.05) is 0 Å². The molecule has 0 aliphatic rings. The number of aromatic carboxylic acids is 1. The van der Waals surface area contributed by atoms with Crippen molar-refractivity contribution in [1.29, 1.82) is 0 Å². The number of hydrogen-bond acceptors (Lipinski definition) is 4. The fraction of sp³-hybridized carbons (Fsp3) is 0.333. The van der Waals surface area contributed by atoms with Crippen LogP contribution in [0.2, 0.25) is 0 Å². The highest BCUT2D eigenvalue weighted by Crippen LogP contribution is 2.07. The second-order valence-corrected chi connectivity index (χ2v) is 4.78. The van der Waals surface area contributed by atoms with E-state index in [1.165, 1.54) is 0 Å². The van der Waals surface area contributed by atoms with Gasteiger partial charge in [0.15, 0.2) is 9.84 Å². The zero-order chi connectivity index (χ0) is 10.1. The molecule has 0 atom stereocenters. The standard InChI is InChI=1S/C6H8N2O4S/c1-13(11,12)3-5-4(6(9)10)2-7-8-5/h2H,3H2,1H3,(H,7,8)(H,9,10). The van der Waals surface area contributed by atoms with Crippen molar-refractivity contribution in [2.45, 2.75) is 5.75 Å². The Morgan fingerprint density at radius 2 is 2.31 bits per heavy atom. The quantitative estimate of drug-likeness (QED) is 0.701. The van der Waals surface area contributed by atoms with Crippen LogP contribution in [0.25, 0.3) is 0 Å². The first kappa shape index (κ1) is 9.72. The average Bonchev–Trinajstić information content (AvgIpc) is 2.31. The van der Waals surface area contributed by atoms with Crippen LogP contribution in [0.4, 0.5) is 0 Å². The molecule has 0 aliphatic heterocycles. The first-order valence-electron chi connectivity index (χ1n) is 3.33. The van der Waals surface area contributed by atoms with E-state index < -0.39 is 15.8 Å². The lowest BCUT2D eigenvalue weighted by molar-refractivity contribution is 0.0696. The molecule has 0 aromatic carbocycles. The number of sulfone groups is 1. The summed E-state index contributed by atoms with van der Waals surface area (Å²) in [6.45, 7) is 0. The van der Waals surface area contributed by atoms with Crippen LogP contribution < -0.4 is 0 Å². The lowest BCUT2D eigenvalue weighted by Crippen LogP contribution is -2.06. The van der Waals surface area contributed by atoms with Crippen molar-refractivity contribution in [3.8, 4) is 0 Å². The highest BCUT2D eigenvalue weighted by molar-refractivity contribution is 7.89. The van der Waals surface area contributed by atoms with E-state index in [2.05, 4.69) is 10.2 Å². The van der Waals surface area contributed by atoms with E-state index in [4.69, 9.17) is 5.11 Å². The van der Waals surface area contributed by atoms with Gasteiger partial charge < -0.3 is 5.11 Å². The summed E-state index contributed by atoms with van der Waals surface area (Å²) >= 11 is 0. The molecule has 0 radical (unpaired) electrons. The second-order valence-electron chi connectivity index (χ2n) is 2.64. The molecule has 13 heavy (non-hydrogen) atoms. The van der Waals surface area contributed by atoms with E-state index >= 15 is 0 Å². The van der Waals surface area contributed by atoms with Crippen molar-refractivity contribution in [2.75, 3.05) is 6.26 Å². The van der Waals surface area contributed by atoms with Gasteiger partial charge in [-0.2, -0.15) is 5.10 Å². The molecule has 0 unspecified atom stereocenters. The Morgan fingerprint density at radius 1 is 1.69 bits per heavy atom. The Labute approximate surface area is 74.5 Å². The van der Waals surface area contributed by atoms with Gasteiger partial charge in [-0.3, -0.25) is 5.10 Å². The van der Waals surface area contributed by atoms with Crippen LogP contribution in [-0.2, 0) is 15.6 Å². The molecule has 1 heterocycles. The van der Waals surface area contributed by atoms with E-state index in [0.29, 0.717) is 0 Å². The molecule has 0 saturated carbocycles. The molecule has 2 N–H and O–H groups in total. The van der Waals surface area contributed by atoms with Crippen molar-refractivity contribution < 1.29 is 18.3 Å². The number of aromatic nitrogens is 2. The maximum absolute atomic E-state index is 10.8. The minimum Gasteiger partial charge on any atom is -0.478 e. The van der Waals surface area contributed by atoms with E-state index in [-0.39, 0.29) is 17.0 Å². The fourth-order valence-electron chi connectivity index (χ4n) is 0.869. The third-order valence-electron chi connectivity index (χ3n) is 1.36. The minimum absolute atomic E-state index is 0.106. The van der Waals surface area contributed by atoms with Gasteiger partial charge >= 0.3 is 5.97 Å². The monoisotopic (exact) mass is 204 g/mol. The molecule has 1 aromatic heterocycles. The number of H-pyrrole nitrogens is 1. The van der Waals surface area contributed by atoms with Crippen molar-refractivity contribution in [1.82, 2.24) is 10.2 Å². The summed E-state index contributed by atoms with van der Waals surface area (Å²) in [7, 11) is -3.24. The van der Waals surface area contributed by atoms with Crippen LogP contribution in [0.3, 0.4) is 0 Å². The molecule has 1 aromatic rings. The van der Waals surface area contributed by atoms with E-state index in [9.17, 15) is 13.2 Å². The molecule has 0 aliphatic carbocycles. The number of aromatic amines is 1. The van der Waals surface area contributed by atoms with Gasteiger partial charge in [0, 0.05) is 6.26 Å². The van der Waals surface area contributed by atoms with Crippen molar-refractivity contribution in [3.05, 3.63) is 17.5 Å². The summed E-state index contributed by atoms with van der Waals surface area (Å²) < 4.78 is 21.7. The molecule has 0 saturated heterocycles. The second kappa shape index (κ2) is 3.17. The highest BCUT2D eigenvalue weighted by atomic mass is 32.2. The lowest BCUT2D eigenvalue weighted by atomic mass is 10.3. The SMILES string of the molecule is CS(=O)(=O)Cc1[nH]ncc1C(=O)O. The van der Waals surface area contributed by atoms with Crippen molar-refractivity contribution in [3.63, 3.8) is 0 Å². The summed E-state index contributed by atoms with van der Waals surface area (Å²) in [6.07, 6.45) is 2.11. The van der Waals surface area contributed by atoms with Crippen molar-refractivity contribution >= 4 is 15.8 Å². The summed E-state index contributed by atoms with van der Waals surface area (Å²) in [5.74, 6) is -1.53. The van der Waals surface area contributed by atoms with Gasteiger partial charge in [-0.05, 0) is 0 Å². The number of carboxylic acid groups (broad SMARTS) is 1. The van der Waals surface area contributed by atoms with Gasteiger partial charge in [0.1, 0.15) is 5.56 Å². The summed E-state index contributed by atoms with van der Waals surface area (Å²) in [6, 6.07) is 0. The van der Waals surface area contributed by atoms with Crippen LogP contribution in [0.5, 0.6) is 0 Å². The molecule has 0 amide bonds. The van der Waals surface area contributed by atoms with Gasteiger partial charge in [-0.25, -0.2) is 13.2 Å². The predicted octanol–water partition coefficient (Wildman–Crippen LogP) is -0.348. The third-order valence-corrected chi connectivity index (χ3v) is 2.17. The summed E-state index contributed by atoms with van der Waals surface area (Å²) in [5, 5.41) is 14.4. The zero-order valence-corrected chi connectivity index (χ0v) is 7.63. The Hall–Kier alpha value is -1.37. The number of carbonyl (C=O) groups is 1.